The van der Waals surface area contributed by atoms with Crippen LogP contribution in [0.3, 0.4) is 0 Å². The second-order valence-electron chi connectivity index (χ2n) is 2.73. The summed E-state index contributed by atoms with van der Waals surface area (Å²) < 4.78 is 12.8. The molecule has 2 unspecified atom stereocenters. The van der Waals surface area contributed by atoms with Crippen LogP contribution in [0, 0.1) is 0 Å². The van der Waals surface area contributed by atoms with Gasteiger partial charge in [0.05, 0.1) is 6.10 Å². The van der Waals surface area contributed by atoms with E-state index >= 15 is 0 Å². The molecule has 0 bridgehead atoms. The van der Waals surface area contributed by atoms with Crippen LogP contribution in [0.25, 0.3) is 0 Å². The Balaban J connectivity index is 2.31. The molecular weight excluding hydrogens is 175 g/mol. The molecule has 0 spiro atoms. The number of rotatable bonds is 1. The fourth-order valence-electron chi connectivity index (χ4n) is 1.25. The monoisotopic (exact) mass is 186 g/mol. The average Bonchev–Trinajstić information content (AvgIpc) is 2.50. The molecule has 2 rings (SSSR count). The number of hydrogen-bond donors (Lipinski definition) is 0. The molecule has 2 heterocycles. The van der Waals surface area contributed by atoms with E-state index in [0.29, 0.717) is 0 Å². The third kappa shape index (κ3) is 1.26. The minimum Gasteiger partial charge on any atom is -0.321 e. The molecule has 2 atom stereocenters. The van der Waals surface area contributed by atoms with E-state index in [1.807, 2.05) is 17.5 Å². The summed E-state index contributed by atoms with van der Waals surface area (Å²) in [5.74, 6) is 1.06. The van der Waals surface area contributed by atoms with Gasteiger partial charge in [0.2, 0.25) is 0 Å². The van der Waals surface area contributed by atoms with Gasteiger partial charge in [-0.3, -0.25) is 4.34 Å². The van der Waals surface area contributed by atoms with E-state index in [-0.39, 0.29) is 6.10 Å². The maximum Gasteiger partial charge on any atom is 0.295 e. The van der Waals surface area contributed by atoms with Crippen LogP contribution >= 0.6 is 8.53 Å². The van der Waals surface area contributed by atoms with Crippen molar-refractivity contribution in [2.45, 2.75) is 19.4 Å². The first-order valence-electron chi connectivity index (χ1n) is 3.85. The van der Waals surface area contributed by atoms with Crippen LogP contribution in [0.5, 0.6) is 0 Å². The predicted octanol–water partition coefficient (Wildman–Crippen LogP) is 1.57. The fraction of sp³-hybridized carbons (Fsp3) is 0.571. The van der Waals surface area contributed by atoms with Crippen molar-refractivity contribution < 1.29 is 9.05 Å². The van der Waals surface area contributed by atoms with Crippen LogP contribution in [0.1, 0.15) is 12.7 Å². The average molecular weight is 186 g/mol. The zero-order valence-electron chi connectivity index (χ0n) is 7.10. The predicted molar refractivity (Wildman–Crippen MR) is 45.8 cm³/mol. The molecular formula is C7H11N2O2P. The maximum absolute atomic E-state index is 5.59. The Labute approximate surface area is 72.5 Å². The van der Waals surface area contributed by atoms with Crippen molar-refractivity contribution in [1.82, 2.24) is 9.32 Å². The third-order valence-corrected chi connectivity index (χ3v) is 3.34. The van der Waals surface area contributed by atoms with Crippen molar-refractivity contribution >= 4 is 8.53 Å². The molecule has 1 aromatic heterocycles. The van der Waals surface area contributed by atoms with Gasteiger partial charge in [-0.05, 0) is 6.92 Å². The molecule has 4 nitrogen and oxygen atoms in total. The maximum atomic E-state index is 5.59. The topological polar surface area (TPSA) is 36.3 Å². The van der Waals surface area contributed by atoms with E-state index < -0.39 is 8.53 Å². The van der Waals surface area contributed by atoms with Gasteiger partial charge in [0.1, 0.15) is 5.82 Å². The van der Waals surface area contributed by atoms with Crippen molar-refractivity contribution in [3.05, 3.63) is 18.2 Å². The number of imidazole rings is 1. The summed E-state index contributed by atoms with van der Waals surface area (Å²) in [6, 6.07) is 0. The largest absolute Gasteiger partial charge is 0.321 e. The molecule has 1 aliphatic heterocycles. The van der Waals surface area contributed by atoms with Crippen molar-refractivity contribution in [1.29, 1.82) is 0 Å². The standard InChI is InChI=1S/C7H11N2O2P/c1-6-5-7-8-3-4-9(7)12(10-2)11-6/h3-4,6H,5H2,1-2H3. The van der Waals surface area contributed by atoms with Gasteiger partial charge in [-0.15, -0.1) is 0 Å². The lowest BCUT2D eigenvalue weighted by molar-refractivity contribution is 0.187. The zero-order chi connectivity index (χ0) is 8.55. The first-order chi connectivity index (χ1) is 5.81. The summed E-state index contributed by atoms with van der Waals surface area (Å²) in [6.45, 7) is 2.03. The van der Waals surface area contributed by atoms with Gasteiger partial charge >= 0.3 is 0 Å². The summed E-state index contributed by atoms with van der Waals surface area (Å²) >= 11 is 0. The Kier molecular flexibility index (Phi) is 2.13. The molecule has 1 aromatic rings. The van der Waals surface area contributed by atoms with Crippen molar-refractivity contribution in [3.63, 3.8) is 0 Å². The fourth-order valence-corrected chi connectivity index (χ4v) is 2.49. The molecule has 66 valence electrons. The molecule has 1 aliphatic rings. The van der Waals surface area contributed by atoms with Gasteiger partial charge in [-0.25, -0.2) is 4.98 Å². The first kappa shape index (κ1) is 8.17. The van der Waals surface area contributed by atoms with Gasteiger partial charge in [0, 0.05) is 25.9 Å². The Morgan fingerprint density at radius 2 is 2.67 bits per heavy atom. The number of fused-ring (bicyclic) bond motifs is 1. The molecule has 0 saturated carbocycles. The second kappa shape index (κ2) is 3.13. The molecule has 0 fully saturated rings. The van der Waals surface area contributed by atoms with Crippen LogP contribution in [-0.2, 0) is 15.5 Å². The van der Waals surface area contributed by atoms with Crippen molar-refractivity contribution in [2.75, 3.05) is 7.11 Å². The summed E-state index contributed by atoms with van der Waals surface area (Å²) in [5, 5.41) is 0. The van der Waals surface area contributed by atoms with Crippen molar-refractivity contribution in [3.8, 4) is 0 Å². The van der Waals surface area contributed by atoms with Gasteiger partial charge in [0.15, 0.2) is 0 Å². The summed E-state index contributed by atoms with van der Waals surface area (Å²) in [4.78, 5) is 4.22. The highest BCUT2D eigenvalue weighted by Gasteiger charge is 2.25. The number of nitrogens with zero attached hydrogens (tertiary/aromatic N) is 2. The highest BCUT2D eigenvalue weighted by atomic mass is 31.2. The van der Waals surface area contributed by atoms with Crippen LogP contribution < -0.4 is 0 Å². The van der Waals surface area contributed by atoms with Crippen LogP contribution in [0.15, 0.2) is 12.4 Å². The first-order valence-corrected chi connectivity index (χ1v) is 4.98. The van der Waals surface area contributed by atoms with Crippen LogP contribution in [0.2, 0.25) is 0 Å². The van der Waals surface area contributed by atoms with Gasteiger partial charge < -0.3 is 9.05 Å². The summed E-state index contributed by atoms with van der Waals surface area (Å²) in [6.07, 6.45) is 4.77. The summed E-state index contributed by atoms with van der Waals surface area (Å²) in [5.41, 5.74) is 0. The van der Waals surface area contributed by atoms with Crippen LogP contribution in [0.4, 0.5) is 0 Å². The number of hydrogen-bond acceptors (Lipinski definition) is 3. The Bertz CT molecular complexity index is 276. The minimum atomic E-state index is -0.934. The van der Waals surface area contributed by atoms with E-state index in [9.17, 15) is 0 Å². The molecule has 0 aliphatic carbocycles. The highest BCUT2D eigenvalue weighted by molar-refractivity contribution is 7.45. The molecule has 0 N–H and O–H groups in total. The lowest BCUT2D eigenvalue weighted by Gasteiger charge is -2.26. The number of aromatic nitrogens is 2. The smallest absolute Gasteiger partial charge is 0.295 e. The van der Waals surface area contributed by atoms with E-state index in [1.165, 1.54) is 0 Å². The Morgan fingerprint density at radius 3 is 3.42 bits per heavy atom. The molecule has 0 radical (unpaired) electrons. The normalized spacial score (nSPS) is 28.5. The quantitative estimate of drug-likeness (QED) is 0.624. The molecule has 0 amide bonds. The SMILES string of the molecule is COP1OC(C)Cc2nccn21. The van der Waals surface area contributed by atoms with E-state index in [4.69, 9.17) is 9.05 Å². The van der Waals surface area contributed by atoms with Gasteiger partial charge in [0.25, 0.3) is 8.53 Å². The lowest BCUT2D eigenvalue weighted by atomic mass is 10.3. The minimum absolute atomic E-state index is 0.214. The second-order valence-corrected chi connectivity index (χ2v) is 4.21. The third-order valence-electron chi connectivity index (χ3n) is 1.77. The van der Waals surface area contributed by atoms with E-state index in [2.05, 4.69) is 4.98 Å². The molecule has 0 saturated heterocycles. The highest BCUT2D eigenvalue weighted by Crippen LogP contribution is 2.44. The Hall–Kier alpha value is -0.440. The van der Waals surface area contributed by atoms with Gasteiger partial charge in [-0.1, -0.05) is 0 Å². The van der Waals surface area contributed by atoms with Crippen LogP contribution in [-0.4, -0.2) is 22.5 Å². The molecule has 12 heavy (non-hydrogen) atoms. The van der Waals surface area contributed by atoms with Crippen molar-refractivity contribution in [2.24, 2.45) is 0 Å². The lowest BCUT2D eigenvalue weighted by Crippen LogP contribution is -2.20. The van der Waals surface area contributed by atoms with E-state index in [0.717, 1.165) is 12.2 Å². The Morgan fingerprint density at radius 1 is 1.83 bits per heavy atom. The van der Waals surface area contributed by atoms with E-state index in [1.54, 1.807) is 13.3 Å². The summed E-state index contributed by atoms with van der Waals surface area (Å²) in [7, 11) is 0.727. The molecule has 5 heteroatoms. The van der Waals surface area contributed by atoms with Gasteiger partial charge in [-0.2, -0.15) is 0 Å². The molecule has 0 aromatic carbocycles. The zero-order valence-corrected chi connectivity index (χ0v) is 7.99.